The van der Waals surface area contributed by atoms with E-state index in [0.29, 0.717) is 22.2 Å². The number of aromatic nitrogens is 5. The first-order valence-corrected chi connectivity index (χ1v) is 18.4. The molecule has 16 nitrogen and oxygen atoms in total. The SMILES string of the molecule is CC(C)(C)OC(=O)N(C(=O)OC(C)(C)C)c1cncc(-c2cn3ccnc3c(N(C(=O)OC(C)(C)C)c3ccc(N4CCN(CC5COC5)CC4)cc3)n2)n1. The maximum atomic E-state index is 14.1. The van der Waals surface area contributed by atoms with Gasteiger partial charge in [-0.05, 0) is 86.6 Å². The first-order chi connectivity index (χ1) is 25.8. The van der Waals surface area contributed by atoms with Gasteiger partial charge >= 0.3 is 18.3 Å². The molecule has 55 heavy (non-hydrogen) atoms. The highest BCUT2D eigenvalue weighted by Crippen LogP contribution is 2.33. The minimum Gasteiger partial charge on any atom is -0.443 e. The molecule has 3 amide bonds. The Balaban J connectivity index is 1.35. The number of rotatable bonds is 7. The van der Waals surface area contributed by atoms with Crippen LogP contribution in [0.5, 0.6) is 0 Å². The van der Waals surface area contributed by atoms with Crippen LogP contribution >= 0.6 is 0 Å². The van der Waals surface area contributed by atoms with Gasteiger partial charge in [0.2, 0.25) is 0 Å². The smallest absolute Gasteiger partial charge is 0.425 e. The van der Waals surface area contributed by atoms with Crippen LogP contribution in [0.1, 0.15) is 62.3 Å². The normalized spacial score (nSPS) is 15.7. The number of fused-ring (bicyclic) bond motifs is 1. The number of hydrogen-bond acceptors (Lipinski definition) is 13. The van der Waals surface area contributed by atoms with Crippen molar-refractivity contribution < 1.29 is 33.3 Å². The number of anilines is 4. The molecule has 2 fully saturated rings. The number of imide groups is 1. The topological polar surface area (TPSA) is 157 Å². The van der Waals surface area contributed by atoms with E-state index in [1.54, 1.807) is 85.3 Å². The lowest BCUT2D eigenvalue weighted by atomic mass is 10.1. The van der Waals surface area contributed by atoms with Gasteiger partial charge in [0, 0.05) is 62.9 Å². The molecule has 6 rings (SSSR count). The van der Waals surface area contributed by atoms with E-state index in [9.17, 15) is 14.4 Å². The van der Waals surface area contributed by atoms with Gasteiger partial charge in [-0.2, -0.15) is 4.90 Å². The second kappa shape index (κ2) is 15.4. The summed E-state index contributed by atoms with van der Waals surface area (Å²) in [5, 5.41) is 0. The number of carbonyl (C=O) groups is 3. The molecule has 0 radical (unpaired) electrons. The van der Waals surface area contributed by atoms with Gasteiger partial charge in [0.1, 0.15) is 28.2 Å². The van der Waals surface area contributed by atoms with Crippen LogP contribution in [0.15, 0.2) is 55.2 Å². The molecule has 0 saturated carbocycles. The van der Waals surface area contributed by atoms with Crippen LogP contribution in [0.4, 0.5) is 37.4 Å². The van der Waals surface area contributed by atoms with Crippen LogP contribution in [0.3, 0.4) is 0 Å². The van der Waals surface area contributed by atoms with E-state index in [1.165, 1.54) is 17.3 Å². The van der Waals surface area contributed by atoms with Crippen molar-refractivity contribution >= 4 is 46.9 Å². The van der Waals surface area contributed by atoms with E-state index in [0.717, 1.165) is 51.6 Å². The number of benzene rings is 1. The molecule has 2 aliphatic heterocycles. The first kappa shape index (κ1) is 39.3. The third kappa shape index (κ3) is 9.85. The molecule has 0 aliphatic carbocycles. The van der Waals surface area contributed by atoms with Crippen LogP contribution in [0.25, 0.3) is 17.0 Å². The Labute approximate surface area is 321 Å². The number of nitrogens with zero attached hydrogens (tertiary/aromatic N) is 9. The molecular weight excluding hydrogens is 706 g/mol. The summed E-state index contributed by atoms with van der Waals surface area (Å²) in [6.45, 7) is 22.0. The Morgan fingerprint density at radius 1 is 0.782 bits per heavy atom. The van der Waals surface area contributed by atoms with Crippen molar-refractivity contribution in [3.05, 3.63) is 55.2 Å². The largest absolute Gasteiger partial charge is 0.443 e. The van der Waals surface area contributed by atoms with Crippen LogP contribution in [-0.2, 0) is 18.9 Å². The van der Waals surface area contributed by atoms with E-state index < -0.39 is 35.1 Å². The Kier molecular flexibility index (Phi) is 11.0. The fraction of sp³-hybridized carbons (Fsp3) is 0.513. The summed E-state index contributed by atoms with van der Waals surface area (Å²) < 4.78 is 24.1. The summed E-state index contributed by atoms with van der Waals surface area (Å²) in [6.07, 6.45) is 5.02. The maximum Gasteiger partial charge on any atom is 0.425 e. The lowest BCUT2D eigenvalue weighted by Gasteiger charge is -2.39. The van der Waals surface area contributed by atoms with Crippen LogP contribution < -0.4 is 14.7 Å². The van der Waals surface area contributed by atoms with Crippen LogP contribution in [0, 0.1) is 5.92 Å². The average Bonchev–Trinajstić information content (AvgIpc) is 3.54. The number of amides is 3. The quantitative estimate of drug-likeness (QED) is 0.184. The van der Waals surface area contributed by atoms with Gasteiger partial charge in [-0.1, -0.05) is 0 Å². The second-order valence-corrected chi connectivity index (χ2v) is 16.7. The van der Waals surface area contributed by atoms with Crippen molar-refractivity contribution in [1.29, 1.82) is 0 Å². The molecule has 4 aromatic rings. The van der Waals surface area contributed by atoms with Crippen LogP contribution in [-0.4, -0.2) is 110 Å². The van der Waals surface area contributed by atoms with Crippen molar-refractivity contribution in [1.82, 2.24) is 29.2 Å². The summed E-state index contributed by atoms with van der Waals surface area (Å²) in [5.41, 5.74) is -0.287. The third-order valence-electron chi connectivity index (χ3n) is 8.48. The average molecular weight is 758 g/mol. The Morgan fingerprint density at radius 2 is 1.38 bits per heavy atom. The van der Waals surface area contributed by atoms with E-state index in [4.69, 9.17) is 23.9 Å². The van der Waals surface area contributed by atoms with Crippen molar-refractivity contribution in [2.24, 2.45) is 5.92 Å². The van der Waals surface area contributed by atoms with Crippen molar-refractivity contribution in [3.63, 3.8) is 0 Å². The molecule has 0 unspecified atom stereocenters. The second-order valence-electron chi connectivity index (χ2n) is 16.7. The molecule has 5 heterocycles. The molecular formula is C39H51N9O7. The van der Waals surface area contributed by atoms with Gasteiger partial charge < -0.3 is 28.2 Å². The molecule has 16 heteroatoms. The summed E-state index contributed by atoms with van der Waals surface area (Å²) in [7, 11) is 0. The zero-order chi connectivity index (χ0) is 39.7. The molecule has 0 atom stereocenters. The molecule has 3 aromatic heterocycles. The monoisotopic (exact) mass is 757 g/mol. The standard InChI is InChI=1S/C39H51N9O7/c1-37(2,3)53-34(49)47(28-12-10-27(11-13-28)45-18-16-44(17-19-45)22-26-24-52-25-26)33-32-41-14-15-46(32)23-30(43-33)29-20-40-21-31(42-29)48(35(50)54-38(4,5)6)36(51)55-39(7,8)9/h10-15,20-21,23,26H,16-19,22,24-25H2,1-9H3. The van der Waals surface area contributed by atoms with Gasteiger partial charge in [-0.3, -0.25) is 9.88 Å². The lowest BCUT2D eigenvalue weighted by Crippen LogP contribution is -2.50. The predicted octanol–water partition coefficient (Wildman–Crippen LogP) is 6.70. The van der Waals surface area contributed by atoms with Gasteiger partial charge in [0.05, 0.1) is 31.3 Å². The minimum atomic E-state index is -0.989. The van der Waals surface area contributed by atoms with E-state index in [2.05, 4.69) is 24.8 Å². The number of ether oxygens (including phenoxy) is 4. The number of hydrogen-bond donors (Lipinski definition) is 0. The lowest BCUT2D eigenvalue weighted by molar-refractivity contribution is -0.0469. The van der Waals surface area contributed by atoms with E-state index >= 15 is 0 Å². The molecule has 1 aromatic carbocycles. The highest BCUT2D eigenvalue weighted by molar-refractivity contribution is 6.08. The predicted molar refractivity (Wildman–Crippen MR) is 207 cm³/mol. The van der Waals surface area contributed by atoms with Gasteiger partial charge in [0.25, 0.3) is 0 Å². The number of imidazole rings is 1. The highest BCUT2D eigenvalue weighted by Gasteiger charge is 2.35. The number of carbonyl (C=O) groups excluding carboxylic acids is 3. The highest BCUT2D eigenvalue weighted by atomic mass is 16.6. The first-order valence-electron chi connectivity index (χ1n) is 18.4. The molecule has 0 N–H and O–H groups in total. The molecule has 0 spiro atoms. The Hall–Kier alpha value is -5.35. The maximum absolute atomic E-state index is 14.1. The van der Waals surface area contributed by atoms with E-state index in [1.807, 2.05) is 24.3 Å². The Morgan fingerprint density at radius 3 is 1.95 bits per heavy atom. The summed E-state index contributed by atoms with van der Waals surface area (Å²) in [5.74, 6) is 0.646. The van der Waals surface area contributed by atoms with Crippen molar-refractivity contribution in [2.45, 2.75) is 79.1 Å². The molecule has 2 saturated heterocycles. The minimum absolute atomic E-state index is 0.146. The third-order valence-corrected chi connectivity index (χ3v) is 8.48. The van der Waals surface area contributed by atoms with Crippen molar-refractivity contribution in [3.8, 4) is 11.4 Å². The van der Waals surface area contributed by atoms with Gasteiger partial charge in [-0.25, -0.2) is 34.2 Å². The molecule has 2 aliphatic rings. The fourth-order valence-electron chi connectivity index (χ4n) is 6.03. The fourth-order valence-corrected chi connectivity index (χ4v) is 6.03. The molecule has 0 bridgehead atoms. The zero-order valence-electron chi connectivity index (χ0n) is 33.1. The summed E-state index contributed by atoms with van der Waals surface area (Å²) in [4.78, 5) is 66.1. The summed E-state index contributed by atoms with van der Waals surface area (Å²) in [6, 6.07) is 7.72. The van der Waals surface area contributed by atoms with E-state index in [-0.39, 0.29) is 23.0 Å². The zero-order valence-corrected chi connectivity index (χ0v) is 33.1. The molecule has 294 valence electrons. The number of piperazine rings is 1. The Bertz CT molecular complexity index is 1970. The van der Waals surface area contributed by atoms with Crippen molar-refractivity contribution in [2.75, 3.05) is 60.6 Å². The van der Waals surface area contributed by atoms with Gasteiger partial charge in [0.15, 0.2) is 17.3 Å². The van der Waals surface area contributed by atoms with Crippen LogP contribution in [0.2, 0.25) is 0 Å². The van der Waals surface area contributed by atoms with Gasteiger partial charge in [-0.15, -0.1) is 0 Å². The summed E-state index contributed by atoms with van der Waals surface area (Å²) >= 11 is 0.